The fourth-order valence-corrected chi connectivity index (χ4v) is 2.84. The largest absolute Gasteiger partial charge is 0.356 e. The van der Waals surface area contributed by atoms with E-state index < -0.39 is 10.0 Å². The third-order valence-electron chi connectivity index (χ3n) is 3.42. The predicted molar refractivity (Wildman–Crippen MR) is 88.8 cm³/mol. The van der Waals surface area contributed by atoms with Gasteiger partial charge in [0, 0.05) is 5.56 Å². The van der Waals surface area contributed by atoms with Crippen LogP contribution in [0.15, 0.2) is 70.6 Å². The highest BCUT2D eigenvalue weighted by atomic mass is 32.2. The number of nitrogens with two attached hydrogens (primary N) is 1. The zero-order valence-electron chi connectivity index (χ0n) is 12.1. The van der Waals surface area contributed by atoms with Gasteiger partial charge in [0.1, 0.15) is 5.69 Å². The Labute approximate surface area is 134 Å². The molecule has 0 atom stereocenters. The average Bonchev–Trinajstić information content (AvgIpc) is 2.99. The van der Waals surface area contributed by atoms with Gasteiger partial charge in [-0.15, -0.1) is 0 Å². The summed E-state index contributed by atoms with van der Waals surface area (Å²) in [6.45, 7) is 3.73. The van der Waals surface area contributed by atoms with Crippen molar-refractivity contribution in [2.45, 2.75) is 4.90 Å². The summed E-state index contributed by atoms with van der Waals surface area (Å²) in [6, 6.07) is 15.8. The van der Waals surface area contributed by atoms with E-state index in [1.54, 1.807) is 18.2 Å². The monoisotopic (exact) mass is 326 g/mol. The molecule has 0 radical (unpaired) electrons. The minimum absolute atomic E-state index is 0.0547. The number of benzene rings is 2. The van der Waals surface area contributed by atoms with Gasteiger partial charge in [-0.25, -0.2) is 13.6 Å². The van der Waals surface area contributed by atoms with Gasteiger partial charge >= 0.3 is 0 Å². The molecule has 2 N–H and O–H groups in total. The van der Waals surface area contributed by atoms with Crippen molar-refractivity contribution in [1.82, 2.24) is 5.16 Å². The van der Waals surface area contributed by atoms with Crippen molar-refractivity contribution in [2.24, 2.45) is 5.14 Å². The molecule has 6 heteroatoms. The Bertz CT molecular complexity index is 943. The van der Waals surface area contributed by atoms with Crippen LogP contribution in [-0.2, 0) is 10.0 Å². The summed E-state index contributed by atoms with van der Waals surface area (Å²) in [6.07, 6.45) is 1.57. The zero-order chi connectivity index (χ0) is 16.4. The SMILES string of the molecule is C=Cc1onc(-c2ccccc2)c1-c1ccc(S(N)(=O)=O)cc1. The van der Waals surface area contributed by atoms with E-state index in [0.717, 1.165) is 16.7 Å². The summed E-state index contributed by atoms with van der Waals surface area (Å²) >= 11 is 0. The minimum atomic E-state index is -3.73. The molecule has 0 spiro atoms. The minimum Gasteiger partial charge on any atom is -0.356 e. The first-order chi connectivity index (χ1) is 11.0. The summed E-state index contributed by atoms with van der Waals surface area (Å²) < 4.78 is 28.1. The van der Waals surface area contributed by atoms with Gasteiger partial charge in [0.2, 0.25) is 10.0 Å². The molecule has 3 aromatic rings. The number of nitrogens with zero attached hydrogens (tertiary/aromatic N) is 1. The zero-order valence-corrected chi connectivity index (χ0v) is 13.0. The maximum absolute atomic E-state index is 11.4. The van der Waals surface area contributed by atoms with Crippen LogP contribution < -0.4 is 5.14 Å². The number of rotatable bonds is 4. The van der Waals surface area contributed by atoms with Gasteiger partial charge in [0.05, 0.1) is 10.5 Å². The van der Waals surface area contributed by atoms with Crippen molar-refractivity contribution in [1.29, 1.82) is 0 Å². The fraction of sp³-hybridized carbons (Fsp3) is 0. The molecule has 0 saturated carbocycles. The number of hydrogen-bond acceptors (Lipinski definition) is 4. The molecule has 116 valence electrons. The molecule has 0 unspecified atom stereocenters. The molecule has 1 heterocycles. The lowest BCUT2D eigenvalue weighted by Crippen LogP contribution is -2.11. The second kappa shape index (κ2) is 5.83. The van der Waals surface area contributed by atoms with Gasteiger partial charge in [0.15, 0.2) is 5.76 Å². The molecule has 0 aliphatic heterocycles. The van der Waals surface area contributed by atoms with Gasteiger partial charge in [-0.05, 0) is 23.8 Å². The third-order valence-corrected chi connectivity index (χ3v) is 4.35. The van der Waals surface area contributed by atoms with Crippen LogP contribution in [-0.4, -0.2) is 13.6 Å². The molecule has 0 saturated heterocycles. The van der Waals surface area contributed by atoms with E-state index in [4.69, 9.17) is 9.66 Å². The van der Waals surface area contributed by atoms with E-state index in [1.807, 2.05) is 30.3 Å². The molecular formula is C17H14N2O3S. The first-order valence-corrected chi connectivity index (χ1v) is 8.36. The van der Waals surface area contributed by atoms with Gasteiger partial charge in [-0.2, -0.15) is 0 Å². The number of aromatic nitrogens is 1. The molecule has 0 aliphatic carbocycles. The molecule has 5 nitrogen and oxygen atoms in total. The van der Waals surface area contributed by atoms with Gasteiger partial charge < -0.3 is 4.52 Å². The highest BCUT2D eigenvalue weighted by Crippen LogP contribution is 2.35. The summed E-state index contributed by atoms with van der Waals surface area (Å²) in [7, 11) is -3.73. The average molecular weight is 326 g/mol. The molecule has 0 aliphatic rings. The molecule has 23 heavy (non-hydrogen) atoms. The van der Waals surface area contributed by atoms with Crippen molar-refractivity contribution >= 4 is 16.1 Å². The first kappa shape index (κ1) is 15.2. The maximum atomic E-state index is 11.4. The first-order valence-electron chi connectivity index (χ1n) is 6.81. The van der Waals surface area contributed by atoms with Gasteiger partial charge in [-0.3, -0.25) is 0 Å². The van der Waals surface area contributed by atoms with Gasteiger partial charge in [-0.1, -0.05) is 54.2 Å². The standard InChI is InChI=1S/C17H14N2O3S/c1-2-15-16(12-8-10-14(11-9-12)23(18,20)21)17(19-22-15)13-6-4-3-5-7-13/h2-11H,1H2,(H2,18,20,21). The Morgan fingerprint density at radius 2 is 1.65 bits per heavy atom. The van der Waals surface area contributed by atoms with Crippen molar-refractivity contribution in [3.05, 3.63) is 66.9 Å². The second-order valence-corrected chi connectivity index (χ2v) is 6.47. The molecule has 2 aromatic carbocycles. The Kier molecular flexibility index (Phi) is 3.85. The Balaban J connectivity index is 2.16. The third kappa shape index (κ3) is 2.94. The molecule has 3 rings (SSSR count). The number of sulfonamides is 1. The van der Waals surface area contributed by atoms with E-state index in [0.29, 0.717) is 11.5 Å². The molecule has 0 fully saturated rings. The van der Waals surface area contributed by atoms with Crippen LogP contribution in [0.2, 0.25) is 0 Å². The summed E-state index contributed by atoms with van der Waals surface area (Å²) in [4.78, 5) is 0.0547. The van der Waals surface area contributed by atoms with E-state index in [9.17, 15) is 8.42 Å². The van der Waals surface area contributed by atoms with E-state index >= 15 is 0 Å². The van der Waals surface area contributed by atoms with Crippen molar-refractivity contribution < 1.29 is 12.9 Å². The van der Waals surface area contributed by atoms with E-state index in [-0.39, 0.29) is 4.90 Å². The lowest BCUT2D eigenvalue weighted by molar-refractivity contribution is 0.415. The quantitative estimate of drug-likeness (QED) is 0.797. The topological polar surface area (TPSA) is 86.2 Å². The number of hydrogen-bond donors (Lipinski definition) is 1. The lowest BCUT2D eigenvalue weighted by atomic mass is 9.99. The van der Waals surface area contributed by atoms with Crippen LogP contribution in [0.4, 0.5) is 0 Å². The summed E-state index contributed by atoms with van der Waals surface area (Å²) in [5, 5.41) is 9.24. The normalized spacial score (nSPS) is 11.3. The highest BCUT2D eigenvalue weighted by molar-refractivity contribution is 7.89. The van der Waals surface area contributed by atoms with Crippen molar-refractivity contribution in [3.8, 4) is 22.4 Å². The van der Waals surface area contributed by atoms with Crippen LogP contribution in [0, 0.1) is 0 Å². The van der Waals surface area contributed by atoms with Crippen LogP contribution >= 0.6 is 0 Å². The van der Waals surface area contributed by atoms with Crippen LogP contribution in [0.1, 0.15) is 5.76 Å². The summed E-state index contributed by atoms with van der Waals surface area (Å²) in [5.41, 5.74) is 3.10. The predicted octanol–water partition coefficient (Wildman–Crippen LogP) is 3.30. The molecular weight excluding hydrogens is 312 g/mol. The van der Waals surface area contributed by atoms with E-state index in [2.05, 4.69) is 11.7 Å². The summed E-state index contributed by atoms with van der Waals surface area (Å²) in [5.74, 6) is 0.521. The molecule has 1 aromatic heterocycles. The van der Waals surface area contributed by atoms with Gasteiger partial charge in [0.25, 0.3) is 0 Å². The Hall–Kier alpha value is -2.70. The highest BCUT2D eigenvalue weighted by Gasteiger charge is 2.18. The van der Waals surface area contributed by atoms with Crippen molar-refractivity contribution in [2.75, 3.05) is 0 Å². The second-order valence-electron chi connectivity index (χ2n) is 4.91. The van der Waals surface area contributed by atoms with Crippen LogP contribution in [0.5, 0.6) is 0 Å². The number of primary sulfonamides is 1. The lowest BCUT2D eigenvalue weighted by Gasteiger charge is -2.04. The van der Waals surface area contributed by atoms with E-state index in [1.165, 1.54) is 12.1 Å². The Morgan fingerprint density at radius 1 is 1.00 bits per heavy atom. The maximum Gasteiger partial charge on any atom is 0.238 e. The molecule has 0 amide bonds. The molecule has 0 bridgehead atoms. The smallest absolute Gasteiger partial charge is 0.238 e. The Morgan fingerprint density at radius 3 is 2.22 bits per heavy atom. The van der Waals surface area contributed by atoms with Crippen molar-refractivity contribution in [3.63, 3.8) is 0 Å². The van der Waals surface area contributed by atoms with Crippen LogP contribution in [0.25, 0.3) is 28.5 Å². The fourth-order valence-electron chi connectivity index (χ4n) is 2.33. The van der Waals surface area contributed by atoms with Crippen LogP contribution in [0.3, 0.4) is 0 Å².